The maximum Gasteiger partial charge on any atom is 0.336 e. The van der Waals surface area contributed by atoms with Gasteiger partial charge >= 0.3 is 5.97 Å². The molecule has 1 unspecified atom stereocenters. The molecule has 4 nitrogen and oxygen atoms in total. The fourth-order valence-electron chi connectivity index (χ4n) is 1.73. The minimum Gasteiger partial charge on any atom is -0.478 e. The van der Waals surface area contributed by atoms with E-state index in [2.05, 4.69) is 28.2 Å². The molecule has 0 saturated heterocycles. The molecule has 1 aromatic carbocycles. The molecular weight excluding hydrogens is 354 g/mol. The van der Waals surface area contributed by atoms with Gasteiger partial charge in [-0.05, 0) is 47.5 Å². The van der Waals surface area contributed by atoms with Gasteiger partial charge in [0.05, 0.1) is 10.8 Å². The number of hydrogen-bond donors (Lipinski definition) is 2. The summed E-state index contributed by atoms with van der Waals surface area (Å²) in [5.41, 5.74) is 0.204. The predicted octanol–water partition coefficient (Wildman–Crippen LogP) is 3.93. The number of carboxylic acid groups (broad SMARTS) is 1. The number of aromatic carboxylic acids is 1. The largest absolute Gasteiger partial charge is 0.478 e. The number of nitrogens with one attached hydrogen (secondary N) is 1. The van der Waals surface area contributed by atoms with E-state index in [1.54, 1.807) is 12.1 Å². The van der Waals surface area contributed by atoms with Gasteiger partial charge in [0.15, 0.2) is 0 Å². The third-order valence-electron chi connectivity index (χ3n) is 2.93. The van der Waals surface area contributed by atoms with Gasteiger partial charge in [-0.2, -0.15) is 0 Å². The Morgan fingerprint density at radius 2 is 2.10 bits per heavy atom. The smallest absolute Gasteiger partial charge is 0.336 e. The van der Waals surface area contributed by atoms with Crippen molar-refractivity contribution >= 4 is 39.6 Å². The topological polar surface area (TPSA) is 66.4 Å². The average Bonchev–Trinajstić information content (AvgIpc) is 2.45. The highest BCUT2D eigenvalue weighted by Gasteiger charge is 2.16. The molecule has 0 radical (unpaired) electrons. The van der Waals surface area contributed by atoms with E-state index in [9.17, 15) is 9.59 Å². The van der Waals surface area contributed by atoms with Crippen LogP contribution in [0.5, 0.6) is 0 Å². The summed E-state index contributed by atoms with van der Waals surface area (Å²) in [5.74, 6) is -1.00. The highest BCUT2D eigenvalue weighted by Crippen LogP contribution is 2.28. The standard InChI is InChI=1S/C15H20BrNO3S/c1-3-4-5-8-17-14(18)10(2)21-11-6-7-13(16)12(9-11)15(19)20/h6-7,9-10H,3-5,8H2,1-2H3,(H,17,18)(H,19,20). The number of amides is 1. The average molecular weight is 374 g/mol. The Labute approximate surface area is 137 Å². The molecule has 0 fully saturated rings. The van der Waals surface area contributed by atoms with Crippen molar-refractivity contribution in [2.45, 2.75) is 43.3 Å². The van der Waals surface area contributed by atoms with Crippen LogP contribution in [0.25, 0.3) is 0 Å². The second-order valence-electron chi connectivity index (χ2n) is 4.71. The van der Waals surface area contributed by atoms with Crippen LogP contribution in [0.15, 0.2) is 27.6 Å². The lowest BCUT2D eigenvalue weighted by Crippen LogP contribution is -2.31. The quantitative estimate of drug-likeness (QED) is 0.534. The van der Waals surface area contributed by atoms with Gasteiger partial charge in [0, 0.05) is 15.9 Å². The zero-order valence-corrected chi connectivity index (χ0v) is 14.6. The second kappa shape index (κ2) is 9.10. The number of benzene rings is 1. The molecule has 6 heteroatoms. The van der Waals surface area contributed by atoms with Crippen molar-refractivity contribution in [3.63, 3.8) is 0 Å². The third kappa shape index (κ3) is 6.09. The van der Waals surface area contributed by atoms with Crippen LogP contribution in [0.1, 0.15) is 43.5 Å². The minimum atomic E-state index is -0.985. The molecule has 116 valence electrons. The number of halogens is 1. The Hall–Kier alpha value is -1.01. The number of hydrogen-bond acceptors (Lipinski definition) is 3. The SMILES string of the molecule is CCCCCNC(=O)C(C)Sc1ccc(Br)c(C(=O)O)c1. The molecular formula is C15H20BrNO3S. The fourth-order valence-corrected chi connectivity index (χ4v) is 3.08. The lowest BCUT2D eigenvalue weighted by molar-refractivity contribution is -0.120. The summed E-state index contributed by atoms with van der Waals surface area (Å²) in [4.78, 5) is 23.8. The molecule has 21 heavy (non-hydrogen) atoms. The van der Waals surface area contributed by atoms with Gasteiger partial charge in [0.2, 0.25) is 5.91 Å². The van der Waals surface area contributed by atoms with Crippen molar-refractivity contribution in [3.05, 3.63) is 28.2 Å². The van der Waals surface area contributed by atoms with Crippen LogP contribution in [0.4, 0.5) is 0 Å². The summed E-state index contributed by atoms with van der Waals surface area (Å²) in [7, 11) is 0. The van der Waals surface area contributed by atoms with Crippen molar-refractivity contribution in [2.75, 3.05) is 6.54 Å². The number of carbonyl (C=O) groups is 2. The first kappa shape index (κ1) is 18.0. The van der Waals surface area contributed by atoms with Crippen LogP contribution in [0.3, 0.4) is 0 Å². The molecule has 0 heterocycles. The van der Waals surface area contributed by atoms with Crippen molar-refractivity contribution in [2.24, 2.45) is 0 Å². The van der Waals surface area contributed by atoms with Crippen LogP contribution < -0.4 is 5.32 Å². The summed E-state index contributed by atoms with van der Waals surface area (Å²) in [6.07, 6.45) is 3.22. The van der Waals surface area contributed by atoms with E-state index in [1.807, 2.05) is 13.0 Å². The first-order valence-electron chi connectivity index (χ1n) is 6.93. The molecule has 0 saturated carbocycles. The predicted molar refractivity (Wildman–Crippen MR) is 89.0 cm³/mol. The Morgan fingerprint density at radius 3 is 2.71 bits per heavy atom. The van der Waals surface area contributed by atoms with Crippen molar-refractivity contribution in [1.29, 1.82) is 0 Å². The van der Waals surface area contributed by atoms with E-state index < -0.39 is 5.97 Å². The zero-order chi connectivity index (χ0) is 15.8. The van der Waals surface area contributed by atoms with Crippen LogP contribution in [0, 0.1) is 0 Å². The van der Waals surface area contributed by atoms with Crippen molar-refractivity contribution in [3.8, 4) is 0 Å². The van der Waals surface area contributed by atoms with Gasteiger partial charge < -0.3 is 10.4 Å². The van der Waals surface area contributed by atoms with E-state index >= 15 is 0 Å². The highest BCUT2D eigenvalue weighted by molar-refractivity contribution is 9.10. The molecule has 1 aromatic rings. The van der Waals surface area contributed by atoms with Crippen molar-refractivity contribution in [1.82, 2.24) is 5.32 Å². The summed E-state index contributed by atoms with van der Waals surface area (Å²) in [6, 6.07) is 5.08. The Morgan fingerprint density at radius 1 is 1.38 bits per heavy atom. The zero-order valence-electron chi connectivity index (χ0n) is 12.2. The lowest BCUT2D eigenvalue weighted by Gasteiger charge is -2.12. The first-order chi connectivity index (χ1) is 9.95. The molecule has 0 spiro atoms. The van der Waals surface area contributed by atoms with Crippen LogP contribution in [-0.2, 0) is 4.79 Å². The van der Waals surface area contributed by atoms with E-state index in [1.165, 1.54) is 11.8 Å². The molecule has 1 rings (SSSR count). The van der Waals surface area contributed by atoms with Crippen molar-refractivity contribution < 1.29 is 14.7 Å². The Balaban J connectivity index is 2.58. The van der Waals surface area contributed by atoms with E-state index in [-0.39, 0.29) is 16.7 Å². The van der Waals surface area contributed by atoms with Crippen LogP contribution >= 0.6 is 27.7 Å². The van der Waals surface area contributed by atoms with E-state index in [0.29, 0.717) is 11.0 Å². The molecule has 1 amide bonds. The maximum atomic E-state index is 11.9. The highest BCUT2D eigenvalue weighted by atomic mass is 79.9. The molecule has 0 aliphatic rings. The van der Waals surface area contributed by atoms with Gasteiger partial charge in [-0.3, -0.25) is 4.79 Å². The second-order valence-corrected chi connectivity index (χ2v) is 6.97. The normalized spacial score (nSPS) is 12.0. The number of carbonyl (C=O) groups excluding carboxylic acids is 1. The fraction of sp³-hybridized carbons (Fsp3) is 0.467. The van der Waals surface area contributed by atoms with Gasteiger partial charge in [-0.1, -0.05) is 19.8 Å². The van der Waals surface area contributed by atoms with E-state index in [4.69, 9.17) is 5.11 Å². The van der Waals surface area contributed by atoms with E-state index in [0.717, 1.165) is 24.2 Å². The van der Waals surface area contributed by atoms with Gasteiger partial charge in [0.25, 0.3) is 0 Å². The van der Waals surface area contributed by atoms with Gasteiger partial charge in [-0.25, -0.2) is 4.79 Å². The minimum absolute atomic E-state index is 0.0177. The summed E-state index contributed by atoms with van der Waals surface area (Å²) >= 11 is 4.57. The molecule has 2 N–H and O–H groups in total. The Bertz CT molecular complexity index is 508. The summed E-state index contributed by atoms with van der Waals surface area (Å²) < 4.78 is 0.538. The first-order valence-corrected chi connectivity index (χ1v) is 8.60. The number of unbranched alkanes of at least 4 members (excludes halogenated alkanes) is 2. The lowest BCUT2D eigenvalue weighted by atomic mass is 10.2. The molecule has 0 bridgehead atoms. The number of carboxylic acids is 1. The Kier molecular flexibility index (Phi) is 7.82. The third-order valence-corrected chi connectivity index (χ3v) is 4.72. The summed E-state index contributed by atoms with van der Waals surface area (Å²) in [5, 5.41) is 11.7. The number of thioether (sulfide) groups is 1. The van der Waals surface area contributed by atoms with Crippen LogP contribution in [-0.4, -0.2) is 28.8 Å². The maximum absolute atomic E-state index is 11.9. The number of rotatable bonds is 8. The molecule has 0 aromatic heterocycles. The molecule has 0 aliphatic carbocycles. The van der Waals surface area contributed by atoms with Crippen LogP contribution in [0.2, 0.25) is 0 Å². The monoisotopic (exact) mass is 373 g/mol. The molecule has 0 aliphatic heterocycles. The summed E-state index contributed by atoms with van der Waals surface area (Å²) in [6.45, 7) is 4.63. The van der Waals surface area contributed by atoms with Gasteiger partial charge in [-0.15, -0.1) is 11.8 Å². The molecule has 1 atom stereocenters. The van der Waals surface area contributed by atoms with Gasteiger partial charge in [0.1, 0.15) is 0 Å².